The summed E-state index contributed by atoms with van der Waals surface area (Å²) in [6.45, 7) is 6.37. The van der Waals surface area contributed by atoms with E-state index in [0.29, 0.717) is 34.2 Å². The number of aliphatic hydroxyl groups is 1. The lowest BCUT2D eigenvalue weighted by molar-refractivity contribution is -0.124. The maximum atomic E-state index is 14.5. The van der Waals surface area contributed by atoms with E-state index in [4.69, 9.17) is 4.42 Å². The Labute approximate surface area is 244 Å². The number of pyridine rings is 1. The van der Waals surface area contributed by atoms with Crippen LogP contribution in [0.2, 0.25) is 0 Å². The Morgan fingerprint density at radius 1 is 0.976 bits per heavy atom. The largest absolute Gasteiger partial charge is 0.463 e. The average Bonchev–Trinajstić information content (AvgIpc) is 3.56. The number of hydrogen-bond acceptors (Lipinski definition) is 5. The molecule has 0 saturated heterocycles. The van der Waals surface area contributed by atoms with E-state index >= 15 is 0 Å². The van der Waals surface area contributed by atoms with Gasteiger partial charge in [-0.15, -0.1) is 0 Å². The monoisotopic (exact) mass is 559 g/mol. The van der Waals surface area contributed by atoms with Gasteiger partial charge in [-0.05, 0) is 46.4 Å². The first-order valence-corrected chi connectivity index (χ1v) is 14.1. The van der Waals surface area contributed by atoms with Crippen LogP contribution in [-0.2, 0) is 16.6 Å². The zero-order chi connectivity index (χ0) is 29.4. The van der Waals surface area contributed by atoms with Crippen molar-refractivity contribution in [1.82, 2.24) is 10.3 Å². The number of para-hydroxylation sites is 1. The number of carbonyl (C=O) groups is 2. The number of aliphatic hydroxyl groups excluding tert-OH is 1. The average molecular weight is 560 g/mol. The van der Waals surface area contributed by atoms with E-state index in [1.165, 1.54) is 11.2 Å². The van der Waals surface area contributed by atoms with Crippen LogP contribution < -0.4 is 10.2 Å². The molecule has 7 heteroatoms. The van der Waals surface area contributed by atoms with Gasteiger partial charge in [0, 0.05) is 35.5 Å². The number of anilines is 1. The van der Waals surface area contributed by atoms with Gasteiger partial charge in [0.25, 0.3) is 5.91 Å². The second-order valence-corrected chi connectivity index (χ2v) is 11.8. The van der Waals surface area contributed by atoms with E-state index < -0.39 is 24.1 Å². The lowest BCUT2D eigenvalue weighted by atomic mass is 9.87. The van der Waals surface area contributed by atoms with Gasteiger partial charge in [0.1, 0.15) is 17.9 Å². The van der Waals surface area contributed by atoms with Crippen molar-refractivity contribution in [1.29, 1.82) is 0 Å². The summed E-state index contributed by atoms with van der Waals surface area (Å²) in [5.74, 6) is -0.815. The smallest absolute Gasteiger partial charge is 0.263 e. The molecule has 7 nitrogen and oxygen atoms in total. The van der Waals surface area contributed by atoms with Crippen molar-refractivity contribution in [2.75, 3.05) is 4.90 Å². The Balaban J connectivity index is 1.48. The number of fused-ring (bicyclic) bond motifs is 2. The lowest BCUT2D eigenvalue weighted by Crippen LogP contribution is -2.46. The van der Waals surface area contributed by atoms with Gasteiger partial charge in [-0.1, -0.05) is 81.4 Å². The summed E-state index contributed by atoms with van der Waals surface area (Å²) in [5.41, 5.74) is 4.88. The molecule has 0 saturated carbocycles. The number of rotatable bonds is 6. The highest BCUT2D eigenvalue weighted by Gasteiger charge is 2.39. The van der Waals surface area contributed by atoms with Crippen LogP contribution >= 0.6 is 0 Å². The van der Waals surface area contributed by atoms with Crippen molar-refractivity contribution in [3.63, 3.8) is 0 Å². The topological polar surface area (TPSA) is 95.7 Å². The lowest BCUT2D eigenvalue weighted by Gasteiger charge is -2.33. The van der Waals surface area contributed by atoms with E-state index in [1.54, 1.807) is 30.6 Å². The van der Waals surface area contributed by atoms with Gasteiger partial charge < -0.3 is 14.8 Å². The highest BCUT2D eigenvalue weighted by Crippen LogP contribution is 2.36. The van der Waals surface area contributed by atoms with Crippen LogP contribution in [0.25, 0.3) is 11.0 Å². The second-order valence-electron chi connectivity index (χ2n) is 11.8. The molecule has 2 aromatic heterocycles. The van der Waals surface area contributed by atoms with Gasteiger partial charge in [-0.25, -0.2) is 0 Å². The fourth-order valence-electron chi connectivity index (χ4n) is 5.71. The summed E-state index contributed by atoms with van der Waals surface area (Å²) in [4.78, 5) is 34.7. The van der Waals surface area contributed by atoms with Gasteiger partial charge in [-0.3, -0.25) is 19.5 Å². The molecule has 0 fully saturated rings. The third kappa shape index (κ3) is 5.08. The summed E-state index contributed by atoms with van der Waals surface area (Å²) in [6, 6.07) is 24.6. The molecule has 0 spiro atoms. The van der Waals surface area contributed by atoms with Crippen LogP contribution in [-0.4, -0.2) is 28.0 Å². The molecule has 6 rings (SSSR count). The predicted molar refractivity (Wildman–Crippen MR) is 162 cm³/mol. The maximum Gasteiger partial charge on any atom is 0.263 e. The molecule has 2 amide bonds. The minimum atomic E-state index is -1.08. The number of benzene rings is 3. The summed E-state index contributed by atoms with van der Waals surface area (Å²) >= 11 is 0. The Morgan fingerprint density at radius 2 is 1.71 bits per heavy atom. The Morgan fingerprint density at radius 3 is 2.45 bits per heavy atom. The minimum Gasteiger partial charge on any atom is -0.463 e. The third-order valence-corrected chi connectivity index (χ3v) is 7.95. The van der Waals surface area contributed by atoms with E-state index in [9.17, 15) is 14.7 Å². The van der Waals surface area contributed by atoms with E-state index in [0.717, 1.165) is 16.7 Å². The number of carbonyl (C=O) groups excluding carboxylic acids is 2. The predicted octanol–water partition coefficient (Wildman–Crippen LogP) is 6.29. The molecule has 1 unspecified atom stereocenters. The second kappa shape index (κ2) is 10.9. The van der Waals surface area contributed by atoms with Crippen LogP contribution in [0.3, 0.4) is 0 Å². The van der Waals surface area contributed by atoms with Gasteiger partial charge in [0.05, 0.1) is 17.7 Å². The minimum absolute atomic E-state index is 0.0970. The van der Waals surface area contributed by atoms with Crippen LogP contribution in [0.1, 0.15) is 65.5 Å². The van der Waals surface area contributed by atoms with Crippen molar-refractivity contribution >= 4 is 28.5 Å². The van der Waals surface area contributed by atoms with Crippen molar-refractivity contribution < 1.29 is 19.1 Å². The van der Waals surface area contributed by atoms with Crippen molar-refractivity contribution in [3.05, 3.63) is 131 Å². The van der Waals surface area contributed by atoms with E-state index in [2.05, 4.69) is 31.1 Å². The number of aromatic nitrogens is 1. The zero-order valence-corrected chi connectivity index (χ0v) is 23.8. The van der Waals surface area contributed by atoms with Gasteiger partial charge in [0.15, 0.2) is 0 Å². The van der Waals surface area contributed by atoms with Gasteiger partial charge in [0.2, 0.25) is 5.91 Å². The van der Waals surface area contributed by atoms with Crippen LogP contribution in [0, 0.1) is 0 Å². The molecule has 42 heavy (non-hydrogen) atoms. The summed E-state index contributed by atoms with van der Waals surface area (Å²) in [5, 5.41) is 14.7. The van der Waals surface area contributed by atoms with Crippen LogP contribution in [0.15, 0.2) is 108 Å². The summed E-state index contributed by atoms with van der Waals surface area (Å²) in [6.07, 6.45) is 4.33. The molecule has 2 heterocycles. The summed E-state index contributed by atoms with van der Waals surface area (Å²) < 4.78 is 5.73. The fourth-order valence-corrected chi connectivity index (χ4v) is 5.71. The Hall–Kier alpha value is -4.75. The zero-order valence-electron chi connectivity index (χ0n) is 23.8. The van der Waals surface area contributed by atoms with Crippen molar-refractivity contribution in [2.24, 2.45) is 0 Å². The van der Waals surface area contributed by atoms with Gasteiger partial charge >= 0.3 is 0 Å². The molecule has 5 aromatic rings. The molecule has 1 aliphatic rings. The molecular formula is C35H33N3O4. The van der Waals surface area contributed by atoms with E-state index in [-0.39, 0.29) is 11.3 Å². The maximum absolute atomic E-state index is 14.5. The molecule has 3 atom stereocenters. The van der Waals surface area contributed by atoms with Crippen LogP contribution in [0.5, 0.6) is 0 Å². The molecule has 3 aromatic carbocycles. The molecule has 0 bridgehead atoms. The fraction of sp³-hybridized carbons (Fsp3) is 0.229. The Bertz CT molecular complexity index is 1740. The highest BCUT2D eigenvalue weighted by molar-refractivity contribution is 6.15. The first kappa shape index (κ1) is 27.4. The number of hydrogen-bond donors (Lipinski definition) is 2. The van der Waals surface area contributed by atoms with Crippen molar-refractivity contribution in [2.45, 2.75) is 50.8 Å². The molecular weight excluding hydrogens is 526 g/mol. The molecule has 212 valence electrons. The molecule has 0 aliphatic heterocycles. The van der Waals surface area contributed by atoms with E-state index in [1.807, 2.05) is 66.7 Å². The first-order valence-electron chi connectivity index (χ1n) is 14.1. The number of furan rings is 1. The normalized spacial score (nSPS) is 17.0. The SMILES string of the molecule is CC(C)(C)c1ccc(N(C(=O)c2coc3ccccc23)C(C(=O)N[C@@H]2c3ccccc3C[C@@H]2O)c2cccnc2)cc1. The van der Waals surface area contributed by atoms with Crippen LogP contribution in [0.4, 0.5) is 5.69 Å². The molecule has 2 N–H and O–H groups in total. The molecule has 0 radical (unpaired) electrons. The summed E-state index contributed by atoms with van der Waals surface area (Å²) in [7, 11) is 0. The quantitative estimate of drug-likeness (QED) is 0.255. The van der Waals surface area contributed by atoms with Crippen molar-refractivity contribution in [3.8, 4) is 0 Å². The highest BCUT2D eigenvalue weighted by atomic mass is 16.3. The number of amides is 2. The number of nitrogens with one attached hydrogen (secondary N) is 1. The first-order chi connectivity index (χ1) is 20.2. The Kier molecular flexibility index (Phi) is 7.12. The molecule has 1 aliphatic carbocycles. The third-order valence-electron chi connectivity index (χ3n) is 7.95. The number of nitrogens with zero attached hydrogens (tertiary/aromatic N) is 2. The van der Waals surface area contributed by atoms with Gasteiger partial charge in [-0.2, -0.15) is 0 Å². The standard InChI is InChI=1S/C35H33N3O4/c1-35(2,3)24-14-16-25(17-15-24)38(34(41)28-21-42-30-13-7-6-12-27(28)30)32(23-10-8-18-36-20-23)33(40)37-31-26-11-5-4-9-22(26)19-29(31)39/h4-18,20-21,29,31-32,39H,19H2,1-3H3,(H,37,40)/t29-,31+,32?/m0/s1.